The molecule has 3 aromatic rings. The molecule has 2 aromatic carbocycles. The zero-order valence-corrected chi connectivity index (χ0v) is 17.7. The number of anilines is 1. The molecule has 0 bridgehead atoms. The number of aromatic nitrogens is 4. The Hall–Kier alpha value is -3.47. The Morgan fingerprint density at radius 1 is 1.13 bits per heavy atom. The van der Waals surface area contributed by atoms with Gasteiger partial charge in [0.05, 0.1) is 25.2 Å². The second-order valence-electron chi connectivity index (χ2n) is 6.12. The van der Waals surface area contributed by atoms with E-state index in [9.17, 15) is 14.0 Å². The molecule has 1 amide bonds. The number of rotatable bonds is 9. The Kier molecular flexibility index (Phi) is 7.55. The summed E-state index contributed by atoms with van der Waals surface area (Å²) >= 11 is 1.11. The lowest BCUT2D eigenvalue weighted by atomic mass is 10.2. The monoisotopic (exact) mass is 445 g/mol. The minimum atomic E-state index is -0.562. The van der Waals surface area contributed by atoms with Gasteiger partial charge in [0.1, 0.15) is 18.1 Å². The molecule has 0 fully saturated rings. The van der Waals surface area contributed by atoms with Crippen LogP contribution >= 0.6 is 11.8 Å². The molecule has 3 rings (SSSR count). The molecule has 0 aliphatic rings. The molecular weight excluding hydrogens is 425 g/mol. The van der Waals surface area contributed by atoms with Gasteiger partial charge in [-0.25, -0.2) is 4.39 Å². The molecule has 1 heterocycles. The summed E-state index contributed by atoms with van der Waals surface area (Å²) in [4.78, 5) is 26.1. The number of methoxy groups -OCH3 is 1. The molecule has 0 radical (unpaired) electrons. The second-order valence-corrected chi connectivity index (χ2v) is 7.06. The van der Waals surface area contributed by atoms with E-state index in [0.29, 0.717) is 22.3 Å². The Morgan fingerprint density at radius 2 is 1.84 bits per heavy atom. The van der Waals surface area contributed by atoms with Gasteiger partial charge in [-0.1, -0.05) is 11.8 Å². The highest BCUT2D eigenvalue weighted by atomic mass is 32.2. The van der Waals surface area contributed by atoms with Crippen molar-refractivity contribution in [3.05, 3.63) is 54.3 Å². The third kappa shape index (κ3) is 5.79. The van der Waals surface area contributed by atoms with Crippen LogP contribution in [0.2, 0.25) is 0 Å². The molecule has 0 saturated carbocycles. The lowest BCUT2D eigenvalue weighted by Crippen LogP contribution is -2.37. The lowest BCUT2D eigenvalue weighted by Gasteiger charge is -2.21. The number of thioether (sulfide) groups is 1. The van der Waals surface area contributed by atoms with Crippen LogP contribution in [0.15, 0.2) is 53.7 Å². The zero-order valence-electron chi connectivity index (χ0n) is 16.9. The number of benzene rings is 2. The molecule has 0 aliphatic carbocycles. The molecular formula is C20H20FN5O4S. The fraction of sp³-hybridized carbons (Fsp3) is 0.250. The third-order valence-corrected chi connectivity index (χ3v) is 5.02. The van der Waals surface area contributed by atoms with E-state index in [-0.39, 0.29) is 24.8 Å². The quantitative estimate of drug-likeness (QED) is 0.366. The summed E-state index contributed by atoms with van der Waals surface area (Å²) in [5.74, 6) is -0.745. The highest BCUT2D eigenvalue weighted by molar-refractivity contribution is 7.99. The highest BCUT2D eigenvalue weighted by Crippen LogP contribution is 2.22. The van der Waals surface area contributed by atoms with E-state index in [1.165, 1.54) is 33.8 Å². The Balaban J connectivity index is 1.74. The van der Waals surface area contributed by atoms with Gasteiger partial charge in [-0.05, 0) is 65.9 Å². The molecule has 0 N–H and O–H groups in total. The maximum atomic E-state index is 13.3. The van der Waals surface area contributed by atoms with E-state index >= 15 is 0 Å². The van der Waals surface area contributed by atoms with Crippen molar-refractivity contribution in [2.24, 2.45) is 0 Å². The molecule has 1 aromatic heterocycles. The molecule has 0 aliphatic heterocycles. The van der Waals surface area contributed by atoms with Crippen LogP contribution in [0.25, 0.3) is 5.69 Å². The van der Waals surface area contributed by atoms with Gasteiger partial charge in [0.2, 0.25) is 11.1 Å². The molecule has 9 nitrogen and oxygen atoms in total. The largest absolute Gasteiger partial charge is 0.497 e. The van der Waals surface area contributed by atoms with Crippen molar-refractivity contribution >= 4 is 29.3 Å². The van der Waals surface area contributed by atoms with Crippen molar-refractivity contribution in [1.82, 2.24) is 20.2 Å². The van der Waals surface area contributed by atoms with Crippen LogP contribution in [0.3, 0.4) is 0 Å². The maximum Gasteiger partial charge on any atom is 0.326 e. The number of ether oxygens (including phenoxy) is 2. The molecule has 0 saturated heterocycles. The predicted octanol–water partition coefficient (Wildman–Crippen LogP) is 2.50. The van der Waals surface area contributed by atoms with Crippen LogP contribution in [0.4, 0.5) is 10.1 Å². The first-order valence-corrected chi connectivity index (χ1v) is 10.3. The number of esters is 1. The van der Waals surface area contributed by atoms with Gasteiger partial charge in [-0.2, -0.15) is 4.68 Å². The summed E-state index contributed by atoms with van der Waals surface area (Å²) < 4.78 is 24.9. The van der Waals surface area contributed by atoms with E-state index in [1.807, 2.05) is 0 Å². The molecule has 0 atom stereocenters. The predicted molar refractivity (Wildman–Crippen MR) is 112 cm³/mol. The third-order valence-electron chi connectivity index (χ3n) is 4.11. The van der Waals surface area contributed by atoms with Crippen LogP contribution in [-0.2, 0) is 14.3 Å². The molecule has 0 spiro atoms. The topological polar surface area (TPSA) is 99.4 Å². The first-order valence-electron chi connectivity index (χ1n) is 9.29. The van der Waals surface area contributed by atoms with E-state index in [2.05, 4.69) is 15.5 Å². The van der Waals surface area contributed by atoms with Crippen molar-refractivity contribution in [3.63, 3.8) is 0 Å². The lowest BCUT2D eigenvalue weighted by molar-refractivity contribution is -0.142. The average Bonchev–Trinajstić information content (AvgIpc) is 3.25. The first kappa shape index (κ1) is 22.2. The molecule has 0 unspecified atom stereocenters. The number of hydrogen-bond acceptors (Lipinski definition) is 8. The smallest absolute Gasteiger partial charge is 0.326 e. The SMILES string of the molecule is CCOC(=O)CN(C(=O)CSc1nnnn1-c1ccc(OC)cc1)c1ccc(F)cc1. The summed E-state index contributed by atoms with van der Waals surface area (Å²) in [7, 11) is 1.57. The van der Waals surface area contributed by atoms with Crippen molar-refractivity contribution in [2.75, 3.05) is 30.9 Å². The first-order chi connectivity index (χ1) is 15.0. The Morgan fingerprint density at radius 3 is 2.48 bits per heavy atom. The standard InChI is InChI=1S/C20H20FN5O4S/c1-3-30-19(28)12-25(15-6-4-14(21)5-7-15)18(27)13-31-20-22-23-24-26(20)16-8-10-17(29-2)11-9-16/h4-11H,3,12-13H2,1-2H3. The molecule has 31 heavy (non-hydrogen) atoms. The van der Waals surface area contributed by atoms with Gasteiger partial charge < -0.3 is 14.4 Å². The van der Waals surface area contributed by atoms with Crippen LogP contribution in [0, 0.1) is 5.82 Å². The van der Waals surface area contributed by atoms with Crippen LogP contribution in [0.5, 0.6) is 5.75 Å². The number of carbonyl (C=O) groups excluding carboxylic acids is 2. The minimum absolute atomic E-state index is 0.0483. The Bertz CT molecular complexity index is 1030. The summed E-state index contributed by atoms with van der Waals surface area (Å²) in [5, 5.41) is 12.0. The van der Waals surface area contributed by atoms with Crippen LogP contribution < -0.4 is 9.64 Å². The minimum Gasteiger partial charge on any atom is -0.497 e. The van der Waals surface area contributed by atoms with Gasteiger partial charge in [-0.15, -0.1) is 5.10 Å². The van der Waals surface area contributed by atoms with Gasteiger partial charge in [0, 0.05) is 5.69 Å². The summed E-state index contributed by atoms with van der Waals surface area (Å²) in [6.45, 7) is 1.58. The van der Waals surface area contributed by atoms with Crippen molar-refractivity contribution < 1.29 is 23.5 Å². The fourth-order valence-electron chi connectivity index (χ4n) is 2.64. The van der Waals surface area contributed by atoms with Gasteiger partial charge in [0.15, 0.2) is 0 Å². The maximum absolute atomic E-state index is 13.3. The number of nitrogens with zero attached hydrogens (tertiary/aromatic N) is 5. The van der Waals surface area contributed by atoms with E-state index in [1.54, 1.807) is 38.3 Å². The normalized spacial score (nSPS) is 10.5. The highest BCUT2D eigenvalue weighted by Gasteiger charge is 2.21. The Labute approximate surface area is 182 Å². The number of carbonyl (C=O) groups is 2. The van der Waals surface area contributed by atoms with Crippen LogP contribution in [0.1, 0.15) is 6.92 Å². The van der Waals surface area contributed by atoms with E-state index in [4.69, 9.17) is 9.47 Å². The second kappa shape index (κ2) is 10.5. The van der Waals surface area contributed by atoms with E-state index in [0.717, 1.165) is 11.8 Å². The van der Waals surface area contributed by atoms with Crippen molar-refractivity contribution in [3.8, 4) is 11.4 Å². The average molecular weight is 445 g/mol. The summed E-state index contributed by atoms with van der Waals surface area (Å²) in [5.41, 5.74) is 1.08. The molecule has 11 heteroatoms. The van der Waals surface area contributed by atoms with Gasteiger partial charge in [-0.3, -0.25) is 9.59 Å². The van der Waals surface area contributed by atoms with Crippen molar-refractivity contribution in [1.29, 1.82) is 0 Å². The van der Waals surface area contributed by atoms with E-state index < -0.39 is 11.8 Å². The van der Waals surface area contributed by atoms with Gasteiger partial charge in [0.25, 0.3) is 0 Å². The number of hydrogen-bond donors (Lipinski definition) is 0. The number of halogens is 1. The number of tetrazole rings is 1. The van der Waals surface area contributed by atoms with Crippen LogP contribution in [-0.4, -0.2) is 58.1 Å². The number of amides is 1. The summed E-state index contributed by atoms with van der Waals surface area (Å²) in [6, 6.07) is 12.4. The molecule has 162 valence electrons. The van der Waals surface area contributed by atoms with Crippen molar-refractivity contribution in [2.45, 2.75) is 12.1 Å². The summed E-state index contributed by atoms with van der Waals surface area (Å²) in [6.07, 6.45) is 0. The van der Waals surface area contributed by atoms with Gasteiger partial charge >= 0.3 is 5.97 Å². The fourth-order valence-corrected chi connectivity index (χ4v) is 3.41. The zero-order chi connectivity index (χ0) is 22.2.